The molecule has 1 atom stereocenters. The molecule has 1 aliphatic heterocycles. The molecule has 0 spiro atoms. The van der Waals surface area contributed by atoms with Gasteiger partial charge in [0.15, 0.2) is 0 Å². The van der Waals surface area contributed by atoms with Crippen LogP contribution >= 0.6 is 0 Å². The average Bonchev–Trinajstić information content (AvgIpc) is 2.70. The molecule has 0 radical (unpaired) electrons. The molecule has 0 saturated carbocycles. The minimum Gasteiger partial charge on any atom is -0.374 e. The van der Waals surface area contributed by atoms with E-state index in [0.29, 0.717) is 5.56 Å². The number of amides is 3. The first-order chi connectivity index (χ1) is 11.0. The molecule has 1 N–H and O–H groups in total. The van der Waals surface area contributed by atoms with Gasteiger partial charge < -0.3 is 10.1 Å². The van der Waals surface area contributed by atoms with E-state index in [1.165, 1.54) is 25.1 Å². The number of benzene rings is 1. The molecule has 24 heavy (non-hydrogen) atoms. The van der Waals surface area contributed by atoms with Gasteiger partial charge in [-0.1, -0.05) is 12.1 Å². The van der Waals surface area contributed by atoms with E-state index in [1.54, 1.807) is 6.07 Å². The number of hydrogen-bond donors (Lipinski definition) is 1. The molecule has 130 valence electrons. The molecule has 3 amide bonds. The standard InChI is InChI=1S/C16H21N3O5/c1-15(2,3)24-9-8-18-13(20)16(4,17-14(18)21)11-6-5-7-12(10-11)19(22)23/h5-7,10H,8-9H2,1-4H3,(H,17,21). The smallest absolute Gasteiger partial charge is 0.325 e. The maximum Gasteiger partial charge on any atom is 0.325 e. The summed E-state index contributed by atoms with van der Waals surface area (Å²) in [4.78, 5) is 36.3. The highest BCUT2D eigenvalue weighted by atomic mass is 16.6. The van der Waals surface area contributed by atoms with Gasteiger partial charge >= 0.3 is 6.03 Å². The van der Waals surface area contributed by atoms with Gasteiger partial charge in [0.1, 0.15) is 5.54 Å². The van der Waals surface area contributed by atoms with E-state index in [2.05, 4.69) is 5.32 Å². The van der Waals surface area contributed by atoms with Crippen LogP contribution < -0.4 is 5.32 Å². The Hall–Kier alpha value is -2.48. The van der Waals surface area contributed by atoms with Gasteiger partial charge in [-0.2, -0.15) is 0 Å². The lowest BCUT2D eigenvalue weighted by Gasteiger charge is -2.23. The van der Waals surface area contributed by atoms with Crippen LogP contribution in [0.4, 0.5) is 10.5 Å². The van der Waals surface area contributed by atoms with Gasteiger partial charge in [0.05, 0.1) is 23.7 Å². The third-order valence-corrected chi connectivity index (χ3v) is 3.76. The van der Waals surface area contributed by atoms with Crippen molar-refractivity contribution in [1.29, 1.82) is 0 Å². The van der Waals surface area contributed by atoms with Crippen LogP contribution in [0.15, 0.2) is 24.3 Å². The normalized spacial score (nSPS) is 21.1. The minimum atomic E-state index is -1.33. The fraction of sp³-hybridized carbons (Fsp3) is 0.500. The Kier molecular flexibility index (Phi) is 4.61. The molecular formula is C16H21N3O5. The molecule has 1 aromatic rings. The Labute approximate surface area is 139 Å². The summed E-state index contributed by atoms with van der Waals surface area (Å²) in [5.74, 6) is -0.453. The van der Waals surface area contributed by atoms with Crippen LogP contribution in [0.2, 0.25) is 0 Å². The third kappa shape index (κ3) is 3.53. The number of ether oxygens (including phenoxy) is 1. The molecule has 1 unspecified atom stereocenters. The van der Waals surface area contributed by atoms with Crippen molar-refractivity contribution >= 4 is 17.6 Å². The lowest BCUT2D eigenvalue weighted by molar-refractivity contribution is -0.385. The molecule has 0 aromatic heterocycles. The summed E-state index contributed by atoms with van der Waals surface area (Å²) in [5.41, 5.74) is -1.47. The molecule has 8 nitrogen and oxygen atoms in total. The molecule has 1 fully saturated rings. The number of nitrogens with one attached hydrogen (secondary N) is 1. The number of non-ortho nitro benzene ring substituents is 1. The number of rotatable bonds is 5. The highest BCUT2D eigenvalue weighted by Crippen LogP contribution is 2.30. The van der Waals surface area contributed by atoms with Crippen LogP contribution in [0.5, 0.6) is 0 Å². The van der Waals surface area contributed by atoms with E-state index in [1.807, 2.05) is 20.8 Å². The summed E-state index contributed by atoms with van der Waals surface area (Å²) < 4.78 is 5.55. The van der Waals surface area contributed by atoms with Gasteiger partial charge in [0.2, 0.25) is 0 Å². The van der Waals surface area contributed by atoms with Crippen molar-refractivity contribution in [3.8, 4) is 0 Å². The largest absolute Gasteiger partial charge is 0.374 e. The summed E-state index contributed by atoms with van der Waals surface area (Å²) in [6.45, 7) is 7.52. The molecule has 1 saturated heterocycles. The first kappa shape index (κ1) is 17.9. The van der Waals surface area contributed by atoms with E-state index in [4.69, 9.17) is 4.74 Å². The molecule has 8 heteroatoms. The number of nitro groups is 1. The summed E-state index contributed by atoms with van der Waals surface area (Å²) >= 11 is 0. The Morgan fingerprint density at radius 1 is 1.33 bits per heavy atom. The Morgan fingerprint density at radius 2 is 2.00 bits per heavy atom. The number of nitrogens with zero attached hydrogens (tertiary/aromatic N) is 2. The van der Waals surface area contributed by atoms with Crippen LogP contribution in [-0.4, -0.2) is 40.5 Å². The molecule has 0 bridgehead atoms. The molecule has 1 aliphatic rings. The van der Waals surface area contributed by atoms with E-state index in [-0.39, 0.29) is 24.4 Å². The topological polar surface area (TPSA) is 102 Å². The van der Waals surface area contributed by atoms with Crippen molar-refractivity contribution in [2.24, 2.45) is 0 Å². The second-order valence-corrected chi connectivity index (χ2v) is 6.78. The Morgan fingerprint density at radius 3 is 2.58 bits per heavy atom. The van der Waals surface area contributed by atoms with Crippen LogP contribution in [0.3, 0.4) is 0 Å². The van der Waals surface area contributed by atoms with E-state index >= 15 is 0 Å². The van der Waals surface area contributed by atoms with Crippen LogP contribution in [0, 0.1) is 10.1 Å². The molecule has 2 rings (SSSR count). The summed E-state index contributed by atoms with van der Waals surface area (Å²) in [6, 6.07) is 5.17. The van der Waals surface area contributed by atoms with Crippen LogP contribution in [0.1, 0.15) is 33.3 Å². The average molecular weight is 335 g/mol. The fourth-order valence-corrected chi connectivity index (χ4v) is 2.47. The van der Waals surface area contributed by atoms with Crippen molar-refractivity contribution in [1.82, 2.24) is 10.2 Å². The number of carbonyl (C=O) groups is 2. The first-order valence-corrected chi connectivity index (χ1v) is 7.57. The van der Waals surface area contributed by atoms with Crippen LogP contribution in [-0.2, 0) is 15.1 Å². The van der Waals surface area contributed by atoms with Crippen molar-refractivity contribution in [3.63, 3.8) is 0 Å². The summed E-state index contributed by atoms with van der Waals surface area (Å²) in [7, 11) is 0. The zero-order chi connectivity index (χ0) is 18.1. The van der Waals surface area contributed by atoms with Crippen LogP contribution in [0.25, 0.3) is 0 Å². The fourth-order valence-electron chi connectivity index (χ4n) is 2.47. The summed E-state index contributed by atoms with van der Waals surface area (Å²) in [5, 5.41) is 13.5. The van der Waals surface area contributed by atoms with Gasteiger partial charge in [0, 0.05) is 12.1 Å². The number of hydrogen-bond acceptors (Lipinski definition) is 5. The monoisotopic (exact) mass is 335 g/mol. The number of imide groups is 1. The maximum absolute atomic E-state index is 12.7. The predicted octanol–water partition coefficient (Wildman–Crippen LogP) is 2.18. The number of urea groups is 1. The van der Waals surface area contributed by atoms with Crippen molar-refractivity contribution in [2.45, 2.75) is 38.8 Å². The van der Waals surface area contributed by atoms with E-state index < -0.39 is 22.4 Å². The second kappa shape index (κ2) is 6.20. The van der Waals surface area contributed by atoms with Gasteiger partial charge in [-0.15, -0.1) is 0 Å². The Balaban J connectivity index is 2.20. The lowest BCUT2D eigenvalue weighted by atomic mass is 9.91. The van der Waals surface area contributed by atoms with Crippen molar-refractivity contribution in [3.05, 3.63) is 39.9 Å². The number of nitro benzene ring substituents is 1. The Bertz CT molecular complexity index is 683. The minimum absolute atomic E-state index is 0.118. The van der Waals surface area contributed by atoms with Gasteiger partial charge in [-0.05, 0) is 33.3 Å². The molecule has 0 aliphatic carbocycles. The summed E-state index contributed by atoms with van der Waals surface area (Å²) in [6.07, 6.45) is 0. The van der Waals surface area contributed by atoms with Crippen molar-refractivity contribution < 1.29 is 19.2 Å². The van der Waals surface area contributed by atoms with Crippen molar-refractivity contribution in [2.75, 3.05) is 13.2 Å². The zero-order valence-corrected chi connectivity index (χ0v) is 14.2. The number of carbonyl (C=O) groups excluding carboxylic acids is 2. The van der Waals surface area contributed by atoms with Gasteiger partial charge in [-0.3, -0.25) is 19.8 Å². The van der Waals surface area contributed by atoms with Gasteiger partial charge in [0.25, 0.3) is 11.6 Å². The van der Waals surface area contributed by atoms with E-state index in [0.717, 1.165) is 4.90 Å². The highest BCUT2D eigenvalue weighted by molar-refractivity contribution is 6.07. The van der Waals surface area contributed by atoms with E-state index in [9.17, 15) is 19.7 Å². The quantitative estimate of drug-likeness (QED) is 0.505. The molecule has 1 aromatic carbocycles. The molecule has 1 heterocycles. The SMILES string of the molecule is CC(C)(C)OCCN1C(=O)NC(C)(c2cccc([N+](=O)[O-])c2)C1=O. The maximum atomic E-state index is 12.7. The third-order valence-electron chi connectivity index (χ3n) is 3.76. The highest BCUT2D eigenvalue weighted by Gasteiger charge is 2.49. The second-order valence-electron chi connectivity index (χ2n) is 6.78. The van der Waals surface area contributed by atoms with Gasteiger partial charge in [-0.25, -0.2) is 4.79 Å². The molecular weight excluding hydrogens is 314 g/mol. The first-order valence-electron chi connectivity index (χ1n) is 7.57. The zero-order valence-electron chi connectivity index (χ0n) is 14.2. The predicted molar refractivity (Wildman–Crippen MR) is 86.4 cm³/mol. The lowest BCUT2D eigenvalue weighted by Crippen LogP contribution is -2.41.